The van der Waals surface area contributed by atoms with Crippen LogP contribution < -0.4 is 16.2 Å². The zero-order chi connectivity index (χ0) is 13.8. The van der Waals surface area contributed by atoms with Gasteiger partial charge in [0, 0.05) is 19.3 Å². The van der Waals surface area contributed by atoms with Crippen molar-refractivity contribution in [2.45, 2.75) is 6.54 Å². The van der Waals surface area contributed by atoms with Crippen molar-refractivity contribution in [2.75, 3.05) is 11.9 Å². The fraction of sp³-hybridized carbons (Fsp3) is 0.154. The monoisotopic (exact) mass is 279 g/mol. The number of anilines is 1. The molecule has 0 unspecified atom stereocenters. The summed E-state index contributed by atoms with van der Waals surface area (Å²) >= 11 is 1.33. The summed E-state index contributed by atoms with van der Waals surface area (Å²) in [6.07, 6.45) is 0. The van der Waals surface area contributed by atoms with Gasteiger partial charge in [0.1, 0.15) is 5.82 Å². The van der Waals surface area contributed by atoms with Gasteiger partial charge in [0.25, 0.3) is 5.91 Å². The fourth-order valence-corrected chi connectivity index (χ4v) is 2.60. The molecule has 100 valence electrons. The molecule has 0 atom stereocenters. The minimum atomic E-state index is -0.308. The van der Waals surface area contributed by atoms with E-state index in [1.165, 1.54) is 23.5 Å². The maximum atomic E-state index is 13.2. The van der Waals surface area contributed by atoms with Gasteiger partial charge in [0.15, 0.2) is 0 Å². The Morgan fingerprint density at radius 1 is 1.47 bits per heavy atom. The van der Waals surface area contributed by atoms with Crippen LogP contribution in [0.15, 0.2) is 35.7 Å². The maximum absolute atomic E-state index is 13.2. The van der Waals surface area contributed by atoms with Crippen LogP contribution in [0.1, 0.15) is 15.2 Å². The molecule has 0 fully saturated rings. The van der Waals surface area contributed by atoms with Crippen LogP contribution in [0.3, 0.4) is 0 Å². The van der Waals surface area contributed by atoms with E-state index in [1.807, 2.05) is 29.5 Å². The minimum absolute atomic E-state index is 0.283. The van der Waals surface area contributed by atoms with Crippen molar-refractivity contribution in [3.05, 3.63) is 52.0 Å². The predicted octanol–water partition coefficient (Wildman–Crippen LogP) is 2.13. The zero-order valence-corrected chi connectivity index (χ0v) is 11.2. The Balaban J connectivity index is 2.17. The number of thiophene rings is 1. The molecule has 2 rings (SSSR count). The van der Waals surface area contributed by atoms with E-state index in [1.54, 1.807) is 6.07 Å². The number of nitrogens with one attached hydrogen (secondary N) is 1. The Hall–Kier alpha value is -1.92. The van der Waals surface area contributed by atoms with Gasteiger partial charge >= 0.3 is 0 Å². The number of nitrogens with zero attached hydrogens (tertiary/aromatic N) is 1. The largest absolute Gasteiger partial charge is 0.370 e. The van der Waals surface area contributed by atoms with Gasteiger partial charge in [0.2, 0.25) is 0 Å². The smallest absolute Gasteiger partial charge is 0.275 e. The van der Waals surface area contributed by atoms with Crippen LogP contribution in [-0.4, -0.2) is 13.0 Å². The van der Waals surface area contributed by atoms with Crippen molar-refractivity contribution < 1.29 is 9.18 Å². The third kappa shape index (κ3) is 3.10. The number of nitrogen functional groups attached to an aromatic ring is 1. The third-order valence-electron chi connectivity index (χ3n) is 2.74. The molecule has 6 heteroatoms. The number of carbonyl (C=O) groups excluding carboxylic acids is 1. The molecule has 0 aliphatic heterocycles. The lowest BCUT2D eigenvalue weighted by atomic mass is 10.2. The molecule has 3 N–H and O–H groups in total. The molecule has 1 heterocycles. The van der Waals surface area contributed by atoms with Crippen molar-refractivity contribution >= 4 is 22.9 Å². The molecule has 0 aliphatic carbocycles. The standard InChI is InChI=1S/C13H14FN3OS/c1-17(11-4-2-3-10(14)7-11)8-9-5-6-19-12(9)13(18)16-15/h2-7H,8,15H2,1H3,(H,16,18). The number of hydrogen-bond acceptors (Lipinski definition) is 4. The highest BCUT2D eigenvalue weighted by Crippen LogP contribution is 2.21. The van der Waals surface area contributed by atoms with Crippen LogP contribution in [0.5, 0.6) is 0 Å². The highest BCUT2D eigenvalue weighted by molar-refractivity contribution is 7.12. The zero-order valence-electron chi connectivity index (χ0n) is 10.4. The second-order valence-corrected chi connectivity index (χ2v) is 5.00. The summed E-state index contributed by atoms with van der Waals surface area (Å²) in [4.78, 5) is 14.0. The van der Waals surface area contributed by atoms with Gasteiger partial charge in [-0.3, -0.25) is 10.2 Å². The van der Waals surface area contributed by atoms with E-state index < -0.39 is 0 Å². The fourth-order valence-electron chi connectivity index (χ4n) is 1.79. The Labute approximate surface area is 114 Å². The van der Waals surface area contributed by atoms with Gasteiger partial charge in [-0.05, 0) is 35.2 Å². The topological polar surface area (TPSA) is 58.4 Å². The van der Waals surface area contributed by atoms with E-state index in [9.17, 15) is 9.18 Å². The van der Waals surface area contributed by atoms with Crippen molar-refractivity contribution in [1.29, 1.82) is 0 Å². The number of amides is 1. The first-order valence-electron chi connectivity index (χ1n) is 5.66. The molecule has 0 aliphatic rings. The molecular weight excluding hydrogens is 265 g/mol. The van der Waals surface area contributed by atoms with Gasteiger partial charge in [0.05, 0.1) is 4.88 Å². The molecule has 2 aromatic rings. The number of hydrogen-bond donors (Lipinski definition) is 2. The molecule has 0 radical (unpaired) electrons. The van der Waals surface area contributed by atoms with Crippen LogP contribution in [0, 0.1) is 5.82 Å². The summed E-state index contributed by atoms with van der Waals surface area (Å²) < 4.78 is 13.2. The van der Waals surface area contributed by atoms with Crippen molar-refractivity contribution in [2.24, 2.45) is 5.84 Å². The lowest BCUT2D eigenvalue weighted by molar-refractivity contribution is 0.0957. The predicted molar refractivity (Wildman–Crippen MR) is 74.5 cm³/mol. The Kier molecular flexibility index (Phi) is 4.13. The van der Waals surface area contributed by atoms with E-state index >= 15 is 0 Å². The average Bonchev–Trinajstić information content (AvgIpc) is 2.86. The molecule has 1 aromatic carbocycles. The second kappa shape index (κ2) is 5.81. The van der Waals surface area contributed by atoms with Crippen LogP contribution in [0.2, 0.25) is 0 Å². The highest BCUT2D eigenvalue weighted by atomic mass is 32.1. The minimum Gasteiger partial charge on any atom is -0.370 e. The van der Waals surface area contributed by atoms with Gasteiger partial charge in [-0.2, -0.15) is 0 Å². The summed E-state index contributed by atoms with van der Waals surface area (Å²) in [5.74, 6) is 4.55. The van der Waals surface area contributed by atoms with Gasteiger partial charge in [-0.25, -0.2) is 10.2 Å². The molecule has 0 spiro atoms. The first-order chi connectivity index (χ1) is 9.11. The number of rotatable bonds is 4. The van der Waals surface area contributed by atoms with E-state index in [4.69, 9.17) is 5.84 Å². The molecule has 0 bridgehead atoms. The summed E-state index contributed by atoms with van der Waals surface area (Å²) in [7, 11) is 1.84. The molecule has 0 saturated carbocycles. The molecule has 4 nitrogen and oxygen atoms in total. The summed E-state index contributed by atoms with van der Waals surface area (Å²) in [5, 5.41) is 1.83. The number of carbonyl (C=O) groups is 1. The SMILES string of the molecule is CN(Cc1ccsc1C(=O)NN)c1cccc(F)c1. The van der Waals surface area contributed by atoms with Gasteiger partial charge < -0.3 is 4.90 Å². The lowest BCUT2D eigenvalue weighted by Gasteiger charge is -2.19. The number of benzene rings is 1. The van der Waals surface area contributed by atoms with Crippen LogP contribution >= 0.6 is 11.3 Å². The van der Waals surface area contributed by atoms with Crippen LogP contribution in [-0.2, 0) is 6.54 Å². The van der Waals surface area contributed by atoms with Crippen LogP contribution in [0.25, 0.3) is 0 Å². The molecule has 0 saturated heterocycles. The number of hydrazine groups is 1. The normalized spacial score (nSPS) is 10.3. The van der Waals surface area contributed by atoms with E-state index in [0.717, 1.165) is 11.3 Å². The molecular formula is C13H14FN3OS. The van der Waals surface area contributed by atoms with Crippen molar-refractivity contribution in [1.82, 2.24) is 5.43 Å². The van der Waals surface area contributed by atoms with Crippen molar-refractivity contribution in [3.8, 4) is 0 Å². The number of halogens is 1. The number of nitrogens with two attached hydrogens (primary N) is 1. The highest BCUT2D eigenvalue weighted by Gasteiger charge is 2.13. The molecule has 1 amide bonds. The lowest BCUT2D eigenvalue weighted by Crippen LogP contribution is -2.30. The first-order valence-corrected chi connectivity index (χ1v) is 6.54. The first kappa shape index (κ1) is 13.5. The molecule has 19 heavy (non-hydrogen) atoms. The quantitative estimate of drug-likeness (QED) is 0.512. The summed E-state index contributed by atoms with van der Waals surface area (Å²) in [6.45, 7) is 0.510. The Bertz CT molecular complexity index is 585. The van der Waals surface area contributed by atoms with Crippen molar-refractivity contribution in [3.63, 3.8) is 0 Å². The molecule has 1 aromatic heterocycles. The summed E-state index contributed by atoms with van der Waals surface area (Å²) in [5.41, 5.74) is 3.74. The summed E-state index contributed by atoms with van der Waals surface area (Å²) in [6, 6.07) is 8.19. The van der Waals surface area contributed by atoms with E-state index in [-0.39, 0.29) is 11.7 Å². The van der Waals surface area contributed by atoms with E-state index in [2.05, 4.69) is 5.43 Å². The van der Waals surface area contributed by atoms with E-state index in [0.29, 0.717) is 11.4 Å². The maximum Gasteiger partial charge on any atom is 0.275 e. The average molecular weight is 279 g/mol. The van der Waals surface area contributed by atoms with Crippen LogP contribution in [0.4, 0.5) is 10.1 Å². The second-order valence-electron chi connectivity index (χ2n) is 4.08. The third-order valence-corrected chi connectivity index (χ3v) is 3.70. The Morgan fingerprint density at radius 2 is 2.26 bits per heavy atom. The van der Waals surface area contributed by atoms with Gasteiger partial charge in [-0.15, -0.1) is 11.3 Å². The Morgan fingerprint density at radius 3 is 2.95 bits per heavy atom. The van der Waals surface area contributed by atoms with Gasteiger partial charge in [-0.1, -0.05) is 6.07 Å².